The summed E-state index contributed by atoms with van der Waals surface area (Å²) < 4.78 is 54.5. The van der Waals surface area contributed by atoms with E-state index in [0.717, 1.165) is 6.07 Å². The third-order valence-electron chi connectivity index (χ3n) is 5.44. The second-order valence-corrected chi connectivity index (χ2v) is 7.64. The van der Waals surface area contributed by atoms with Crippen LogP contribution in [-0.2, 0) is 0 Å². The Bertz CT molecular complexity index is 1570. The van der Waals surface area contributed by atoms with Crippen LogP contribution in [0.2, 0.25) is 0 Å². The molecule has 6 nitrogen and oxygen atoms in total. The molecule has 1 unspecified atom stereocenters. The van der Waals surface area contributed by atoms with E-state index >= 15 is 0 Å². The van der Waals surface area contributed by atoms with Gasteiger partial charge in [-0.05, 0) is 36.8 Å². The number of aromatic nitrogens is 1. The van der Waals surface area contributed by atoms with Gasteiger partial charge in [0, 0.05) is 40.5 Å². The van der Waals surface area contributed by atoms with Gasteiger partial charge in [-0.15, -0.1) is 13.2 Å². The van der Waals surface area contributed by atoms with Crippen LogP contribution in [-0.4, -0.2) is 16.5 Å². The van der Waals surface area contributed by atoms with E-state index in [0.29, 0.717) is 27.5 Å². The molecule has 9 heteroatoms. The zero-order valence-electron chi connectivity index (χ0n) is 17.6. The first kappa shape index (κ1) is 21.7. The topological polar surface area (TPSA) is 85.7 Å². The van der Waals surface area contributed by atoms with E-state index < -0.39 is 23.8 Å². The molecule has 1 N–H and O–H groups in total. The molecule has 0 saturated carbocycles. The van der Waals surface area contributed by atoms with Crippen molar-refractivity contribution in [1.29, 1.82) is 0 Å². The van der Waals surface area contributed by atoms with Crippen molar-refractivity contribution >= 4 is 21.9 Å². The summed E-state index contributed by atoms with van der Waals surface area (Å²) in [5.41, 5.74) is 1.34. The average molecular weight is 467 g/mol. The first-order valence-electron chi connectivity index (χ1n) is 10.2. The quantitative estimate of drug-likeness (QED) is 0.332. The van der Waals surface area contributed by atoms with Gasteiger partial charge >= 0.3 is 12.0 Å². The fraction of sp³-hybridized carbons (Fsp3) is 0.120. The van der Waals surface area contributed by atoms with Crippen molar-refractivity contribution < 1.29 is 31.8 Å². The number of pyridine rings is 1. The van der Waals surface area contributed by atoms with Crippen LogP contribution in [0.25, 0.3) is 33.1 Å². The number of halogens is 3. The first-order chi connectivity index (χ1) is 16.2. The van der Waals surface area contributed by atoms with E-state index in [2.05, 4.69) is 9.72 Å². The highest BCUT2D eigenvalue weighted by Gasteiger charge is 2.34. The summed E-state index contributed by atoms with van der Waals surface area (Å²) in [5, 5.41) is 12.3. The molecule has 5 rings (SSSR count). The lowest BCUT2D eigenvalue weighted by Crippen LogP contribution is -2.18. The number of hydrogen-bond acceptors (Lipinski definition) is 6. The highest BCUT2D eigenvalue weighted by atomic mass is 19.4. The number of nitrogens with zero attached hydrogens (tertiary/aromatic N) is 1. The highest BCUT2D eigenvalue weighted by molar-refractivity contribution is 6.11. The maximum absolute atomic E-state index is 13.0. The molecule has 3 heterocycles. The number of para-hydroxylation sites is 1. The minimum absolute atomic E-state index is 0.0436. The van der Waals surface area contributed by atoms with E-state index in [-0.39, 0.29) is 22.5 Å². The number of aliphatic hydroxyl groups is 1. The van der Waals surface area contributed by atoms with E-state index in [1.54, 1.807) is 37.4 Å². The van der Waals surface area contributed by atoms with Crippen LogP contribution in [0.4, 0.5) is 13.2 Å². The summed E-state index contributed by atoms with van der Waals surface area (Å²) in [6.45, 7) is 1.76. The molecule has 0 spiro atoms. The molecule has 0 radical (unpaired) electrons. The van der Waals surface area contributed by atoms with Gasteiger partial charge < -0.3 is 18.7 Å². The van der Waals surface area contributed by atoms with Gasteiger partial charge in [-0.2, -0.15) is 0 Å². The third-order valence-corrected chi connectivity index (χ3v) is 5.44. The number of alkyl halides is 3. The smallest absolute Gasteiger partial charge is 0.457 e. The van der Waals surface area contributed by atoms with Gasteiger partial charge in [0.2, 0.25) is 0 Å². The SMILES string of the molecule is Cc1cc(=O)oc2c1ccc1oc(C(O)c3ccccc3OC(F)(F)F)c(-c3cccnc3)c12. The molecule has 172 valence electrons. The van der Waals surface area contributed by atoms with Crippen LogP contribution in [0.15, 0.2) is 80.6 Å². The van der Waals surface area contributed by atoms with E-state index in [9.17, 15) is 23.1 Å². The molecule has 0 aliphatic carbocycles. The Hall–Kier alpha value is -4.11. The molecule has 0 bridgehead atoms. The Labute approximate surface area is 189 Å². The summed E-state index contributed by atoms with van der Waals surface area (Å²) in [6.07, 6.45) is -3.51. The summed E-state index contributed by atoms with van der Waals surface area (Å²) in [5.74, 6) is -0.606. The van der Waals surface area contributed by atoms with Gasteiger partial charge in [-0.3, -0.25) is 4.98 Å². The first-order valence-corrected chi connectivity index (χ1v) is 10.2. The standard InChI is InChI=1S/C25H16F3NO5/c1-13-11-19(30)33-23-15(13)8-9-18-21(23)20(14-5-4-10-29-12-14)24(32-18)22(31)16-6-2-3-7-17(16)34-25(26,27)28/h2-12,22,31H,1H3. The normalized spacial score (nSPS) is 12.9. The molecule has 0 aliphatic heterocycles. The lowest BCUT2D eigenvalue weighted by atomic mass is 9.96. The molecule has 0 aliphatic rings. The third kappa shape index (κ3) is 3.80. The predicted octanol–water partition coefficient (Wildman–Crippen LogP) is 5.89. The number of aryl methyl sites for hydroxylation is 1. The summed E-state index contributed by atoms with van der Waals surface area (Å²) in [4.78, 5) is 16.3. The molecule has 2 aromatic carbocycles. The molecular formula is C25H16F3NO5. The van der Waals surface area contributed by atoms with Gasteiger partial charge in [0.05, 0.1) is 5.39 Å². The number of rotatable bonds is 4. The van der Waals surface area contributed by atoms with Crippen molar-refractivity contribution in [2.45, 2.75) is 19.4 Å². The molecule has 5 aromatic rings. The highest BCUT2D eigenvalue weighted by Crippen LogP contribution is 2.44. The summed E-state index contributed by atoms with van der Waals surface area (Å²) in [7, 11) is 0. The number of furan rings is 1. The van der Waals surface area contributed by atoms with Gasteiger partial charge in [0.25, 0.3) is 0 Å². The summed E-state index contributed by atoms with van der Waals surface area (Å²) in [6, 6.07) is 13.4. The Kier molecular flexibility index (Phi) is 5.13. The van der Waals surface area contributed by atoms with E-state index in [1.165, 1.54) is 30.5 Å². The van der Waals surface area contributed by atoms with Crippen molar-refractivity contribution in [2.24, 2.45) is 0 Å². The largest absolute Gasteiger partial charge is 0.573 e. The lowest BCUT2D eigenvalue weighted by Gasteiger charge is -2.17. The molecule has 0 saturated heterocycles. The summed E-state index contributed by atoms with van der Waals surface area (Å²) >= 11 is 0. The number of aliphatic hydroxyl groups excluding tert-OH is 1. The number of fused-ring (bicyclic) bond motifs is 3. The van der Waals surface area contributed by atoms with Crippen molar-refractivity contribution in [2.75, 3.05) is 0 Å². The Morgan fingerprint density at radius 2 is 1.85 bits per heavy atom. The van der Waals surface area contributed by atoms with Gasteiger partial charge in [0.1, 0.15) is 28.8 Å². The molecule has 34 heavy (non-hydrogen) atoms. The monoisotopic (exact) mass is 467 g/mol. The maximum atomic E-state index is 13.0. The fourth-order valence-corrected chi connectivity index (χ4v) is 4.04. The predicted molar refractivity (Wildman–Crippen MR) is 117 cm³/mol. The van der Waals surface area contributed by atoms with E-state index in [4.69, 9.17) is 8.83 Å². The second kappa shape index (κ2) is 8.03. The molecule has 0 fully saturated rings. The Balaban J connectivity index is 1.82. The number of benzene rings is 2. The van der Waals surface area contributed by atoms with Crippen molar-refractivity contribution in [3.63, 3.8) is 0 Å². The van der Waals surface area contributed by atoms with Crippen LogP contribution in [0.3, 0.4) is 0 Å². The van der Waals surface area contributed by atoms with Gasteiger partial charge in [-0.1, -0.05) is 24.3 Å². The minimum atomic E-state index is -4.95. The van der Waals surface area contributed by atoms with Gasteiger partial charge in [0.15, 0.2) is 0 Å². The van der Waals surface area contributed by atoms with Gasteiger partial charge in [-0.25, -0.2) is 4.79 Å². The second-order valence-electron chi connectivity index (χ2n) is 7.64. The fourth-order valence-electron chi connectivity index (χ4n) is 4.04. The Morgan fingerprint density at radius 1 is 1.06 bits per heavy atom. The minimum Gasteiger partial charge on any atom is -0.457 e. The van der Waals surface area contributed by atoms with Crippen LogP contribution in [0.1, 0.15) is 23.0 Å². The zero-order valence-corrected chi connectivity index (χ0v) is 17.6. The zero-order chi connectivity index (χ0) is 24.0. The molecule has 0 amide bonds. The van der Waals surface area contributed by atoms with Crippen LogP contribution >= 0.6 is 0 Å². The van der Waals surface area contributed by atoms with Crippen LogP contribution in [0, 0.1) is 6.92 Å². The van der Waals surface area contributed by atoms with E-state index in [1.807, 2.05) is 0 Å². The number of hydrogen-bond donors (Lipinski definition) is 1. The number of ether oxygens (including phenoxy) is 1. The van der Waals surface area contributed by atoms with Crippen molar-refractivity contribution in [3.8, 4) is 16.9 Å². The molecule has 3 aromatic heterocycles. The molecular weight excluding hydrogens is 451 g/mol. The van der Waals surface area contributed by atoms with Crippen molar-refractivity contribution in [1.82, 2.24) is 4.98 Å². The van der Waals surface area contributed by atoms with Crippen molar-refractivity contribution in [3.05, 3.63) is 94.3 Å². The Morgan fingerprint density at radius 3 is 2.59 bits per heavy atom. The van der Waals surface area contributed by atoms with Crippen LogP contribution in [0.5, 0.6) is 5.75 Å². The maximum Gasteiger partial charge on any atom is 0.573 e. The lowest BCUT2D eigenvalue weighted by molar-refractivity contribution is -0.275. The molecule has 1 atom stereocenters. The average Bonchev–Trinajstić information content (AvgIpc) is 3.18. The van der Waals surface area contributed by atoms with Crippen LogP contribution < -0.4 is 10.4 Å².